The summed E-state index contributed by atoms with van der Waals surface area (Å²) in [7, 11) is 0. The largest absolute Gasteiger partial charge is 0.311 e. The van der Waals surface area contributed by atoms with E-state index in [0.29, 0.717) is 0 Å². The summed E-state index contributed by atoms with van der Waals surface area (Å²) in [6, 6.07) is 63.2. The molecule has 2 aliphatic heterocycles. The van der Waals surface area contributed by atoms with Gasteiger partial charge in [-0.1, -0.05) is 179 Å². The minimum Gasteiger partial charge on any atom is -0.311 e. The first kappa shape index (κ1) is 45.1. The number of fused-ring (bicyclic) bond motifs is 9. The Labute approximate surface area is 422 Å². The Kier molecular flexibility index (Phi) is 9.84. The molecule has 9 aromatic rings. The van der Waals surface area contributed by atoms with Crippen molar-refractivity contribution in [1.29, 1.82) is 0 Å². The number of hydrogen-bond donors (Lipinski definition) is 0. The second-order valence-electron chi connectivity index (χ2n) is 24.5. The van der Waals surface area contributed by atoms with Gasteiger partial charge in [-0.05, 0) is 152 Å². The van der Waals surface area contributed by atoms with Gasteiger partial charge in [0.1, 0.15) is 0 Å². The zero-order valence-electron chi connectivity index (χ0n) is 44.0. The van der Waals surface area contributed by atoms with Crippen molar-refractivity contribution in [2.75, 3.05) is 9.80 Å². The van der Waals surface area contributed by atoms with Crippen molar-refractivity contribution in [3.05, 3.63) is 203 Å². The van der Waals surface area contributed by atoms with Gasteiger partial charge in [-0.2, -0.15) is 0 Å². The minimum atomic E-state index is -0.180. The molecule has 0 bridgehead atoms. The minimum absolute atomic E-state index is 0.0113. The quantitative estimate of drug-likeness (QED) is 0.159. The van der Waals surface area contributed by atoms with Gasteiger partial charge < -0.3 is 14.4 Å². The topological polar surface area (TPSA) is 11.4 Å². The fourth-order valence-electron chi connectivity index (χ4n) is 12.4. The molecule has 3 aliphatic rings. The van der Waals surface area contributed by atoms with E-state index >= 15 is 0 Å². The van der Waals surface area contributed by atoms with E-state index in [9.17, 15) is 0 Å². The fraction of sp³-hybridized carbons (Fsp3) is 0.254. The Morgan fingerprint density at radius 2 is 1.06 bits per heavy atom. The predicted octanol–water partition coefficient (Wildman–Crippen LogP) is 16.2. The van der Waals surface area contributed by atoms with Crippen molar-refractivity contribution in [1.82, 2.24) is 4.57 Å². The molecule has 3 heterocycles. The van der Waals surface area contributed by atoms with Crippen LogP contribution >= 0.6 is 0 Å². The lowest BCUT2D eigenvalue weighted by Crippen LogP contribution is -2.60. The molecule has 4 heteroatoms. The fourth-order valence-corrected chi connectivity index (χ4v) is 12.4. The van der Waals surface area contributed by atoms with Gasteiger partial charge >= 0.3 is 0 Å². The van der Waals surface area contributed by atoms with Gasteiger partial charge in [0.05, 0.1) is 11.4 Å². The summed E-state index contributed by atoms with van der Waals surface area (Å²) >= 11 is 0. The molecule has 0 amide bonds. The molecule has 3 nitrogen and oxygen atoms in total. The summed E-state index contributed by atoms with van der Waals surface area (Å²) in [6.45, 7) is 30.3. The molecule has 0 atom stereocenters. The molecule has 1 aliphatic carbocycles. The Bertz CT molecular complexity index is 3570. The van der Waals surface area contributed by atoms with Gasteiger partial charge in [0.15, 0.2) is 0 Å². The van der Waals surface area contributed by atoms with E-state index in [0.717, 1.165) is 17.1 Å². The van der Waals surface area contributed by atoms with E-state index < -0.39 is 0 Å². The maximum absolute atomic E-state index is 2.69. The predicted molar refractivity (Wildman–Crippen MR) is 306 cm³/mol. The third-order valence-electron chi connectivity index (χ3n) is 16.1. The smallest absolute Gasteiger partial charge is 0.252 e. The van der Waals surface area contributed by atoms with Crippen molar-refractivity contribution in [2.45, 2.75) is 112 Å². The second kappa shape index (κ2) is 15.5. The third kappa shape index (κ3) is 6.91. The normalized spacial score (nSPS) is 14.3. The van der Waals surface area contributed by atoms with Gasteiger partial charge in [0, 0.05) is 61.6 Å². The lowest BCUT2D eigenvalue weighted by Gasteiger charge is -2.42. The summed E-state index contributed by atoms with van der Waals surface area (Å²) in [5.41, 5.74) is 28.0. The highest BCUT2D eigenvalue weighted by Crippen LogP contribution is 2.55. The molecule has 0 saturated carbocycles. The average Bonchev–Trinajstić information content (AvgIpc) is 3.80. The van der Waals surface area contributed by atoms with Gasteiger partial charge in [-0.25, -0.2) is 0 Å². The van der Waals surface area contributed by atoms with Crippen molar-refractivity contribution in [3.63, 3.8) is 0 Å². The first-order valence-corrected chi connectivity index (χ1v) is 25.8. The lowest BCUT2D eigenvalue weighted by atomic mass is 9.33. The molecule has 0 spiro atoms. The van der Waals surface area contributed by atoms with E-state index in [1.165, 1.54) is 111 Å². The Morgan fingerprint density at radius 1 is 0.465 bits per heavy atom. The molecule has 0 saturated heterocycles. The zero-order valence-corrected chi connectivity index (χ0v) is 44.0. The molecule has 0 fully saturated rings. The second-order valence-corrected chi connectivity index (χ2v) is 24.5. The monoisotopic (exact) mass is 924 g/mol. The Hall–Kier alpha value is -7.04. The maximum Gasteiger partial charge on any atom is 0.252 e. The highest BCUT2D eigenvalue weighted by atomic mass is 15.2. The van der Waals surface area contributed by atoms with Crippen LogP contribution in [0, 0.1) is 13.8 Å². The van der Waals surface area contributed by atoms with Crippen LogP contribution < -0.4 is 26.2 Å². The van der Waals surface area contributed by atoms with Gasteiger partial charge in [-0.15, -0.1) is 0 Å². The molecule has 1 aromatic heterocycles. The van der Waals surface area contributed by atoms with Crippen LogP contribution in [-0.2, 0) is 21.7 Å². The van der Waals surface area contributed by atoms with E-state index in [2.05, 4.69) is 268 Å². The first-order chi connectivity index (χ1) is 33.7. The highest BCUT2D eigenvalue weighted by Gasteiger charge is 2.48. The first-order valence-electron chi connectivity index (χ1n) is 25.8. The number of aromatic nitrogens is 1. The maximum atomic E-state index is 2.69. The van der Waals surface area contributed by atoms with Crippen LogP contribution in [0.3, 0.4) is 0 Å². The van der Waals surface area contributed by atoms with Crippen LogP contribution in [0.1, 0.15) is 115 Å². The average molecular weight is 924 g/mol. The van der Waals surface area contributed by atoms with Crippen molar-refractivity contribution >= 4 is 68.1 Å². The summed E-state index contributed by atoms with van der Waals surface area (Å²) in [6.07, 6.45) is 0. The van der Waals surface area contributed by atoms with E-state index in [1.807, 2.05) is 0 Å². The van der Waals surface area contributed by atoms with Gasteiger partial charge in [-0.3, -0.25) is 0 Å². The molecule has 71 heavy (non-hydrogen) atoms. The van der Waals surface area contributed by atoms with Crippen LogP contribution in [0.25, 0.3) is 39.0 Å². The summed E-state index contributed by atoms with van der Waals surface area (Å²) < 4.78 is 2.69. The number of hydrogen-bond acceptors (Lipinski definition) is 2. The SMILES string of the molecule is Cc1ccc(N2c3cc(N(c4ccc(C(C)(C)C)cc4)c4ccc(C(C)(C)C)cc4)ccc3B3c4c2cc(C)cc4-n2c4c(c5cc(C(C)(C)C)cc3c52)C(C)(C)c2ccccc2-4)c(-c2ccccc2)c1. The molecule has 8 aromatic carbocycles. The Balaban J connectivity index is 1.19. The summed E-state index contributed by atoms with van der Waals surface area (Å²) in [4.78, 5) is 5.10. The van der Waals surface area contributed by atoms with Crippen LogP contribution in [-0.4, -0.2) is 11.3 Å². The van der Waals surface area contributed by atoms with Crippen LogP contribution in [0.4, 0.5) is 34.1 Å². The van der Waals surface area contributed by atoms with Crippen molar-refractivity contribution in [2.24, 2.45) is 0 Å². The highest BCUT2D eigenvalue weighted by molar-refractivity contribution is 7.00. The number of anilines is 6. The number of nitrogens with zero attached hydrogens (tertiary/aromatic N) is 3. The number of rotatable bonds is 5. The molecule has 0 N–H and O–H groups in total. The van der Waals surface area contributed by atoms with Crippen LogP contribution in [0.5, 0.6) is 0 Å². The number of aryl methyl sites for hydroxylation is 2. The lowest BCUT2D eigenvalue weighted by molar-refractivity contribution is 0.590. The van der Waals surface area contributed by atoms with E-state index in [4.69, 9.17) is 0 Å². The molecular weight excluding hydrogens is 858 g/mol. The molecule has 0 radical (unpaired) electrons. The molecule has 352 valence electrons. The van der Waals surface area contributed by atoms with Gasteiger partial charge in [0.25, 0.3) is 6.71 Å². The van der Waals surface area contributed by atoms with Crippen LogP contribution in [0.2, 0.25) is 0 Å². The van der Waals surface area contributed by atoms with Crippen LogP contribution in [0.15, 0.2) is 164 Å². The summed E-state index contributed by atoms with van der Waals surface area (Å²) in [5.74, 6) is 0. The standard InChI is InChI=1S/C67H66BN3/c1-41-23-34-56(51(35-41)43-19-15-14-16-20-43)70-57-40-49(69(47-28-24-44(25-29-47)64(3,4)5)48-30-26-45(27-31-48)65(6,7)8)32-33-54(57)68-55-39-46(66(9,10)11)38-52-60-63(50-21-17-18-22-53(50)67(60,12)13)71(62(52)55)59-37-42(2)36-58(70)61(59)68/h14-40H,1-13H3. The van der Waals surface area contributed by atoms with Crippen molar-refractivity contribution < 1.29 is 0 Å². The van der Waals surface area contributed by atoms with Gasteiger partial charge in [0.2, 0.25) is 0 Å². The molecule has 12 rings (SSSR count). The molecular formula is C67H66BN3. The van der Waals surface area contributed by atoms with E-state index in [1.54, 1.807) is 0 Å². The summed E-state index contributed by atoms with van der Waals surface area (Å²) in [5, 5.41) is 1.38. The van der Waals surface area contributed by atoms with Crippen molar-refractivity contribution in [3.8, 4) is 28.1 Å². The number of benzene rings is 8. The zero-order chi connectivity index (χ0) is 49.7. The van der Waals surface area contributed by atoms with E-state index in [-0.39, 0.29) is 28.4 Å². The Morgan fingerprint density at radius 3 is 1.69 bits per heavy atom. The molecule has 0 unspecified atom stereocenters. The third-order valence-corrected chi connectivity index (χ3v) is 16.1.